The molecule has 2 heterocycles. The van der Waals surface area contributed by atoms with E-state index < -0.39 is 10.0 Å². The molecule has 0 amide bonds. The molecule has 0 saturated carbocycles. The molecule has 0 fully saturated rings. The zero-order chi connectivity index (χ0) is 21.8. The number of benzene rings is 2. The monoisotopic (exact) mass is 489 g/mol. The summed E-state index contributed by atoms with van der Waals surface area (Å²) in [6.45, 7) is 0. The number of halogens is 1. The lowest BCUT2D eigenvalue weighted by molar-refractivity contribution is 0.413. The van der Waals surface area contributed by atoms with Crippen LogP contribution in [0.5, 0.6) is 5.75 Å². The van der Waals surface area contributed by atoms with Crippen molar-refractivity contribution in [1.82, 2.24) is 4.98 Å². The third-order valence-corrected chi connectivity index (χ3v) is 7.45. The van der Waals surface area contributed by atoms with Gasteiger partial charge < -0.3 is 4.74 Å². The molecule has 4 rings (SSSR count). The Morgan fingerprint density at radius 3 is 2.65 bits per heavy atom. The lowest BCUT2D eigenvalue weighted by Crippen LogP contribution is -2.13. The Bertz CT molecular complexity index is 1320. The zero-order valence-corrected chi connectivity index (χ0v) is 19.4. The van der Waals surface area contributed by atoms with Crippen LogP contribution in [0.25, 0.3) is 11.3 Å². The summed E-state index contributed by atoms with van der Waals surface area (Å²) < 4.78 is 33.0. The van der Waals surface area contributed by atoms with Crippen LogP contribution in [0, 0.1) is 0 Å². The molecule has 2 aromatic carbocycles. The van der Waals surface area contributed by atoms with Crippen LogP contribution >= 0.6 is 34.3 Å². The lowest BCUT2D eigenvalue weighted by Gasteiger charge is -2.10. The molecular formula is C21H16ClN3O3S3. The van der Waals surface area contributed by atoms with Crippen LogP contribution in [-0.4, -0.2) is 26.7 Å². The van der Waals surface area contributed by atoms with Crippen LogP contribution in [-0.2, 0) is 10.0 Å². The molecular weight excluding hydrogens is 474 g/mol. The normalized spacial score (nSPS) is 11.7. The van der Waals surface area contributed by atoms with Gasteiger partial charge in [0, 0.05) is 33.8 Å². The average Bonchev–Trinajstić information content (AvgIpc) is 3.45. The molecule has 1 N–H and O–H groups in total. The van der Waals surface area contributed by atoms with Crippen LogP contribution in [0.1, 0.15) is 4.88 Å². The van der Waals surface area contributed by atoms with E-state index in [1.165, 1.54) is 36.6 Å². The fourth-order valence-electron chi connectivity index (χ4n) is 2.67. The molecule has 0 aliphatic rings. The van der Waals surface area contributed by atoms with Crippen molar-refractivity contribution in [1.29, 1.82) is 0 Å². The maximum absolute atomic E-state index is 12.7. The fraction of sp³-hybridized carbons (Fsp3) is 0.0476. The van der Waals surface area contributed by atoms with E-state index in [-0.39, 0.29) is 4.90 Å². The van der Waals surface area contributed by atoms with Crippen LogP contribution in [0.4, 0.5) is 10.8 Å². The summed E-state index contributed by atoms with van der Waals surface area (Å²) in [5.74, 6) is 0.293. The first kappa shape index (κ1) is 21.5. The van der Waals surface area contributed by atoms with E-state index in [4.69, 9.17) is 16.3 Å². The molecule has 0 spiro atoms. The molecule has 2 aromatic heterocycles. The first-order chi connectivity index (χ1) is 14.9. The number of hydrogen-bond acceptors (Lipinski definition) is 7. The maximum atomic E-state index is 12.7. The summed E-state index contributed by atoms with van der Waals surface area (Å²) in [6, 6.07) is 15.2. The third kappa shape index (κ3) is 5.13. The van der Waals surface area contributed by atoms with E-state index in [2.05, 4.69) is 14.7 Å². The molecule has 4 aromatic rings. The van der Waals surface area contributed by atoms with Gasteiger partial charge in [0.2, 0.25) is 5.13 Å². The number of nitrogens with zero attached hydrogens (tertiary/aromatic N) is 2. The number of aromatic nitrogens is 1. The Labute approximate surface area is 192 Å². The number of anilines is 1. The molecule has 31 heavy (non-hydrogen) atoms. The largest absolute Gasteiger partial charge is 0.495 e. The predicted octanol–water partition coefficient (Wildman–Crippen LogP) is 6.09. The highest BCUT2D eigenvalue weighted by Crippen LogP contribution is 2.30. The van der Waals surface area contributed by atoms with Crippen LogP contribution < -0.4 is 9.46 Å². The number of thiazole rings is 1. The minimum atomic E-state index is -3.79. The van der Waals surface area contributed by atoms with Gasteiger partial charge in [0.05, 0.1) is 22.7 Å². The first-order valence-corrected chi connectivity index (χ1v) is 12.6. The summed E-state index contributed by atoms with van der Waals surface area (Å²) in [5.41, 5.74) is 2.08. The van der Waals surface area contributed by atoms with Crippen molar-refractivity contribution in [3.05, 3.63) is 75.3 Å². The summed E-state index contributed by atoms with van der Waals surface area (Å²) in [4.78, 5) is 10.0. The molecule has 6 nitrogen and oxygen atoms in total. The van der Waals surface area contributed by atoms with Crippen molar-refractivity contribution in [3.8, 4) is 17.0 Å². The van der Waals surface area contributed by atoms with Gasteiger partial charge in [0.15, 0.2) is 0 Å². The number of thiophene rings is 1. The molecule has 0 aliphatic heterocycles. The van der Waals surface area contributed by atoms with Gasteiger partial charge in [0.25, 0.3) is 10.0 Å². The van der Waals surface area contributed by atoms with Crippen LogP contribution in [0.15, 0.2) is 75.2 Å². The number of ether oxygens (including phenoxy) is 1. The lowest BCUT2D eigenvalue weighted by atomic mass is 10.1. The van der Waals surface area contributed by atoms with Gasteiger partial charge in [-0.3, -0.25) is 4.72 Å². The van der Waals surface area contributed by atoms with Gasteiger partial charge in [-0.05, 0) is 35.7 Å². The third-order valence-electron chi connectivity index (χ3n) is 4.20. The van der Waals surface area contributed by atoms with Gasteiger partial charge >= 0.3 is 0 Å². The van der Waals surface area contributed by atoms with Gasteiger partial charge in [0.1, 0.15) is 5.75 Å². The Morgan fingerprint density at radius 1 is 1.13 bits per heavy atom. The van der Waals surface area contributed by atoms with E-state index in [0.29, 0.717) is 21.6 Å². The predicted molar refractivity (Wildman–Crippen MR) is 128 cm³/mol. The number of aliphatic imine (C=N–C) groups is 1. The number of nitrogens with one attached hydrogen (secondary N) is 1. The highest BCUT2D eigenvalue weighted by molar-refractivity contribution is 7.92. The Balaban J connectivity index is 1.48. The fourth-order valence-corrected chi connectivity index (χ4v) is 5.19. The summed E-state index contributed by atoms with van der Waals surface area (Å²) in [5, 5.41) is 4.91. The van der Waals surface area contributed by atoms with Crippen molar-refractivity contribution >= 4 is 61.3 Å². The van der Waals surface area contributed by atoms with Crippen LogP contribution in [0.3, 0.4) is 0 Å². The Kier molecular flexibility index (Phi) is 6.38. The topological polar surface area (TPSA) is 80.7 Å². The van der Waals surface area contributed by atoms with Gasteiger partial charge in [-0.15, -0.1) is 22.7 Å². The van der Waals surface area contributed by atoms with Crippen molar-refractivity contribution < 1.29 is 13.2 Å². The molecule has 10 heteroatoms. The number of sulfonamides is 1. The van der Waals surface area contributed by atoms with Gasteiger partial charge in [-0.1, -0.05) is 29.8 Å². The highest BCUT2D eigenvalue weighted by Gasteiger charge is 2.16. The van der Waals surface area contributed by atoms with Crippen LogP contribution in [0.2, 0.25) is 5.02 Å². The molecule has 0 unspecified atom stereocenters. The van der Waals surface area contributed by atoms with E-state index in [0.717, 1.165) is 16.1 Å². The van der Waals surface area contributed by atoms with Crippen molar-refractivity contribution in [2.45, 2.75) is 4.90 Å². The molecule has 0 atom stereocenters. The minimum absolute atomic E-state index is 0.0607. The second kappa shape index (κ2) is 9.19. The van der Waals surface area contributed by atoms with Crippen molar-refractivity contribution in [2.24, 2.45) is 4.99 Å². The summed E-state index contributed by atoms with van der Waals surface area (Å²) in [7, 11) is -2.35. The van der Waals surface area contributed by atoms with E-state index in [9.17, 15) is 8.42 Å². The smallest absolute Gasteiger partial charge is 0.262 e. The highest BCUT2D eigenvalue weighted by atomic mass is 35.5. The van der Waals surface area contributed by atoms with E-state index >= 15 is 0 Å². The second-order valence-electron chi connectivity index (χ2n) is 6.27. The van der Waals surface area contributed by atoms with Crippen molar-refractivity contribution in [3.63, 3.8) is 0 Å². The molecule has 0 bridgehead atoms. The number of methoxy groups -OCH3 is 1. The van der Waals surface area contributed by atoms with Gasteiger partial charge in [-0.2, -0.15) is 0 Å². The SMILES string of the molecule is COc1cc(S(=O)(=O)Nc2ccc(-c3csc(/N=C\c4cccs4)n3)cc2)ccc1Cl. The number of rotatable bonds is 7. The molecule has 158 valence electrons. The van der Waals surface area contributed by atoms with Gasteiger partial charge in [-0.25, -0.2) is 18.4 Å². The Hall–Kier alpha value is -2.72. The standard InChI is InChI=1S/C21H16ClN3O3S3/c1-28-20-11-17(8-9-18(20)22)31(26,27)25-15-6-4-14(5-7-15)19-13-30-21(24-19)23-12-16-3-2-10-29-16/h2-13,25H,1H3/b23-12-. The summed E-state index contributed by atoms with van der Waals surface area (Å²) in [6.07, 6.45) is 1.79. The number of hydrogen-bond donors (Lipinski definition) is 1. The quantitative estimate of drug-likeness (QED) is 0.319. The first-order valence-electron chi connectivity index (χ1n) is 8.94. The maximum Gasteiger partial charge on any atom is 0.262 e. The average molecular weight is 490 g/mol. The van der Waals surface area contributed by atoms with Crippen molar-refractivity contribution in [2.75, 3.05) is 11.8 Å². The molecule has 0 aliphatic carbocycles. The minimum Gasteiger partial charge on any atom is -0.495 e. The molecule has 0 saturated heterocycles. The zero-order valence-electron chi connectivity index (χ0n) is 16.2. The Morgan fingerprint density at radius 2 is 1.94 bits per heavy atom. The van der Waals surface area contributed by atoms with E-state index in [1.54, 1.807) is 29.7 Å². The summed E-state index contributed by atoms with van der Waals surface area (Å²) >= 11 is 9.03. The second-order valence-corrected chi connectivity index (χ2v) is 10.2. The van der Waals surface area contributed by atoms with E-state index in [1.807, 2.05) is 35.0 Å². The molecule has 0 radical (unpaired) electrons.